The fraction of sp³-hybridized carbons (Fsp3) is 0.412. The van der Waals surface area contributed by atoms with Crippen LogP contribution >= 0.6 is 0 Å². The van der Waals surface area contributed by atoms with Crippen LogP contribution in [0.25, 0.3) is 0 Å². The van der Waals surface area contributed by atoms with Gasteiger partial charge in [0.1, 0.15) is 0 Å². The van der Waals surface area contributed by atoms with Crippen LogP contribution in [0.4, 0.5) is 5.95 Å². The van der Waals surface area contributed by atoms with E-state index < -0.39 is 0 Å². The van der Waals surface area contributed by atoms with Crippen LogP contribution in [0.15, 0.2) is 41.8 Å². The third-order valence-electron chi connectivity index (χ3n) is 4.09. The minimum Gasteiger partial charge on any atom is -0.481 e. The molecule has 8 heteroatoms. The van der Waals surface area contributed by atoms with E-state index in [4.69, 9.17) is 4.74 Å². The Balaban J connectivity index is 1.54. The monoisotopic (exact) mass is 341 g/mol. The van der Waals surface area contributed by atoms with Gasteiger partial charge in [-0.15, -0.1) is 0 Å². The molecule has 25 heavy (non-hydrogen) atoms. The van der Waals surface area contributed by atoms with E-state index in [9.17, 15) is 0 Å². The molecule has 0 aromatic carbocycles. The Labute approximate surface area is 147 Å². The molecule has 0 bridgehead atoms. The number of piperazine rings is 1. The Morgan fingerprint density at radius 1 is 1.16 bits per heavy atom. The number of aliphatic imine (C=N–C) groups is 1. The van der Waals surface area contributed by atoms with Gasteiger partial charge in [0.15, 0.2) is 5.96 Å². The lowest BCUT2D eigenvalue weighted by molar-refractivity contribution is 0.370. The van der Waals surface area contributed by atoms with Crippen molar-refractivity contribution in [3.63, 3.8) is 0 Å². The molecule has 3 heterocycles. The predicted molar refractivity (Wildman–Crippen MR) is 96.8 cm³/mol. The normalized spacial score (nSPS) is 15.2. The van der Waals surface area contributed by atoms with Crippen molar-refractivity contribution in [3.05, 3.63) is 42.4 Å². The lowest BCUT2D eigenvalue weighted by Crippen LogP contribution is -2.52. The van der Waals surface area contributed by atoms with E-state index in [0.717, 1.165) is 43.7 Å². The SMILES string of the molecule is CN=C(NCc1ccnc(OC)c1)N1CCN(c2ncccn2)CC1. The molecule has 0 atom stereocenters. The molecule has 2 aromatic rings. The molecule has 1 fully saturated rings. The molecule has 1 aliphatic heterocycles. The molecule has 1 N–H and O–H groups in total. The smallest absolute Gasteiger partial charge is 0.225 e. The number of aromatic nitrogens is 3. The summed E-state index contributed by atoms with van der Waals surface area (Å²) >= 11 is 0. The zero-order valence-electron chi connectivity index (χ0n) is 14.6. The van der Waals surface area contributed by atoms with E-state index in [0.29, 0.717) is 12.4 Å². The highest BCUT2D eigenvalue weighted by atomic mass is 16.5. The highest BCUT2D eigenvalue weighted by Crippen LogP contribution is 2.11. The van der Waals surface area contributed by atoms with Crippen LogP contribution in [-0.2, 0) is 6.54 Å². The van der Waals surface area contributed by atoms with Crippen molar-refractivity contribution in [1.82, 2.24) is 25.2 Å². The van der Waals surface area contributed by atoms with Gasteiger partial charge in [-0.2, -0.15) is 0 Å². The van der Waals surface area contributed by atoms with Gasteiger partial charge < -0.3 is 19.9 Å². The van der Waals surface area contributed by atoms with Crippen LogP contribution in [0.2, 0.25) is 0 Å². The average Bonchev–Trinajstić information content (AvgIpc) is 2.70. The van der Waals surface area contributed by atoms with Crippen LogP contribution < -0.4 is 15.0 Å². The summed E-state index contributed by atoms with van der Waals surface area (Å²) in [4.78, 5) is 21.6. The maximum Gasteiger partial charge on any atom is 0.225 e. The molecular formula is C17H23N7O. The maximum absolute atomic E-state index is 5.16. The van der Waals surface area contributed by atoms with E-state index in [1.807, 2.05) is 25.2 Å². The summed E-state index contributed by atoms with van der Waals surface area (Å²) in [6.45, 7) is 4.16. The Morgan fingerprint density at radius 2 is 1.92 bits per heavy atom. The molecule has 0 amide bonds. The first-order chi connectivity index (χ1) is 12.3. The zero-order chi connectivity index (χ0) is 17.5. The zero-order valence-corrected chi connectivity index (χ0v) is 14.6. The number of guanidine groups is 1. The Morgan fingerprint density at radius 3 is 2.60 bits per heavy atom. The van der Waals surface area contributed by atoms with Crippen LogP contribution in [-0.4, -0.2) is 66.1 Å². The Bertz CT molecular complexity index is 699. The number of anilines is 1. The Kier molecular flexibility index (Phi) is 5.61. The number of rotatable bonds is 4. The van der Waals surface area contributed by atoms with E-state index in [1.54, 1.807) is 25.7 Å². The van der Waals surface area contributed by atoms with Crippen molar-refractivity contribution in [2.45, 2.75) is 6.54 Å². The molecular weight excluding hydrogens is 318 g/mol. The molecule has 8 nitrogen and oxygen atoms in total. The van der Waals surface area contributed by atoms with Crippen LogP contribution in [0.5, 0.6) is 5.88 Å². The molecule has 1 aliphatic rings. The summed E-state index contributed by atoms with van der Waals surface area (Å²) < 4.78 is 5.16. The summed E-state index contributed by atoms with van der Waals surface area (Å²) in [7, 11) is 3.43. The van der Waals surface area contributed by atoms with Crippen molar-refractivity contribution in [2.75, 3.05) is 45.2 Å². The van der Waals surface area contributed by atoms with Gasteiger partial charge in [-0.1, -0.05) is 0 Å². The van der Waals surface area contributed by atoms with Gasteiger partial charge in [0.05, 0.1) is 7.11 Å². The summed E-state index contributed by atoms with van der Waals surface area (Å²) in [5.41, 5.74) is 1.10. The number of nitrogens with zero attached hydrogens (tertiary/aromatic N) is 6. The van der Waals surface area contributed by atoms with Gasteiger partial charge in [-0.3, -0.25) is 4.99 Å². The molecule has 3 rings (SSSR count). The lowest BCUT2D eigenvalue weighted by Gasteiger charge is -2.36. The second kappa shape index (κ2) is 8.27. The first-order valence-corrected chi connectivity index (χ1v) is 8.26. The number of hydrogen-bond acceptors (Lipinski definition) is 6. The predicted octanol–water partition coefficient (Wildman–Crippen LogP) is 0.778. The average molecular weight is 341 g/mol. The second-order valence-electron chi connectivity index (χ2n) is 5.63. The topological polar surface area (TPSA) is 78.8 Å². The summed E-state index contributed by atoms with van der Waals surface area (Å²) in [5.74, 6) is 2.30. The van der Waals surface area contributed by atoms with Gasteiger partial charge in [0, 0.05) is 64.4 Å². The van der Waals surface area contributed by atoms with Crippen LogP contribution in [0.1, 0.15) is 5.56 Å². The first kappa shape index (κ1) is 16.9. The Hall–Kier alpha value is -2.90. The molecule has 2 aromatic heterocycles. The lowest BCUT2D eigenvalue weighted by atomic mass is 10.2. The minimum absolute atomic E-state index is 0.616. The molecule has 0 radical (unpaired) electrons. The van der Waals surface area contributed by atoms with Gasteiger partial charge in [-0.05, 0) is 17.7 Å². The van der Waals surface area contributed by atoms with E-state index in [1.165, 1.54) is 0 Å². The number of methoxy groups -OCH3 is 1. The third kappa shape index (κ3) is 4.34. The first-order valence-electron chi connectivity index (χ1n) is 8.26. The minimum atomic E-state index is 0.616. The van der Waals surface area contributed by atoms with Gasteiger partial charge >= 0.3 is 0 Å². The molecule has 1 saturated heterocycles. The fourth-order valence-corrected chi connectivity index (χ4v) is 2.76. The van der Waals surface area contributed by atoms with Crippen molar-refractivity contribution in [1.29, 1.82) is 0 Å². The third-order valence-corrected chi connectivity index (χ3v) is 4.09. The summed E-state index contributed by atoms with van der Waals surface area (Å²) in [6, 6.07) is 5.72. The molecule has 132 valence electrons. The molecule has 0 aliphatic carbocycles. The van der Waals surface area contributed by atoms with Crippen molar-refractivity contribution >= 4 is 11.9 Å². The van der Waals surface area contributed by atoms with Gasteiger partial charge in [0.2, 0.25) is 11.8 Å². The van der Waals surface area contributed by atoms with E-state index in [-0.39, 0.29) is 0 Å². The van der Waals surface area contributed by atoms with Crippen molar-refractivity contribution in [3.8, 4) is 5.88 Å². The summed E-state index contributed by atoms with van der Waals surface area (Å²) in [6.07, 6.45) is 5.30. The number of nitrogens with one attached hydrogen (secondary N) is 1. The highest BCUT2D eigenvalue weighted by molar-refractivity contribution is 5.80. The largest absolute Gasteiger partial charge is 0.481 e. The number of hydrogen-bond donors (Lipinski definition) is 1. The van der Waals surface area contributed by atoms with E-state index in [2.05, 4.69) is 35.1 Å². The number of pyridine rings is 1. The quantitative estimate of drug-likeness (QED) is 0.650. The molecule has 0 saturated carbocycles. The second-order valence-corrected chi connectivity index (χ2v) is 5.63. The van der Waals surface area contributed by atoms with Crippen molar-refractivity contribution < 1.29 is 4.74 Å². The van der Waals surface area contributed by atoms with Crippen LogP contribution in [0.3, 0.4) is 0 Å². The van der Waals surface area contributed by atoms with E-state index >= 15 is 0 Å². The maximum atomic E-state index is 5.16. The van der Waals surface area contributed by atoms with Gasteiger partial charge in [0.25, 0.3) is 0 Å². The van der Waals surface area contributed by atoms with Gasteiger partial charge in [-0.25, -0.2) is 15.0 Å². The number of ether oxygens (including phenoxy) is 1. The van der Waals surface area contributed by atoms with Crippen molar-refractivity contribution in [2.24, 2.45) is 4.99 Å². The summed E-state index contributed by atoms with van der Waals surface area (Å²) in [5, 5.41) is 3.40. The fourth-order valence-electron chi connectivity index (χ4n) is 2.76. The highest BCUT2D eigenvalue weighted by Gasteiger charge is 2.20. The molecule has 0 unspecified atom stereocenters. The van der Waals surface area contributed by atoms with Crippen LogP contribution in [0, 0.1) is 0 Å². The molecule has 0 spiro atoms. The standard InChI is InChI=1S/C17H23N7O/c1-18-16(22-13-14-4-7-19-15(12-14)25-2)23-8-10-24(11-9-23)17-20-5-3-6-21-17/h3-7,12H,8-11,13H2,1-2H3,(H,18,22).